The highest BCUT2D eigenvalue weighted by atomic mass is 16.5. The highest BCUT2D eigenvalue weighted by Crippen LogP contribution is 2.26. The zero-order valence-electron chi connectivity index (χ0n) is 16.4. The molecule has 0 spiro atoms. The first kappa shape index (κ1) is 19.3. The van der Waals surface area contributed by atoms with Crippen molar-refractivity contribution in [1.82, 2.24) is 24.7 Å². The Labute approximate surface area is 161 Å². The number of pyridine rings is 2. The molecule has 146 valence electrons. The van der Waals surface area contributed by atoms with Crippen LogP contribution >= 0.6 is 0 Å². The Hall–Kier alpha value is -3.49. The van der Waals surface area contributed by atoms with Crippen molar-refractivity contribution < 1.29 is 9.53 Å². The van der Waals surface area contributed by atoms with Gasteiger partial charge in [0.05, 0.1) is 5.69 Å². The Morgan fingerprint density at radius 2 is 2.00 bits per heavy atom. The topological polar surface area (TPSA) is 115 Å². The van der Waals surface area contributed by atoms with Gasteiger partial charge in [-0.1, -0.05) is 20.8 Å². The monoisotopic (exact) mass is 382 g/mol. The van der Waals surface area contributed by atoms with E-state index in [9.17, 15) is 9.59 Å². The lowest BCUT2D eigenvalue weighted by Gasteiger charge is -2.13. The standard InChI is InChI=1S/C19H22N6O3/c1-11-14(28-13-8-9-20-15(10-13)22-12(2)26)6-7-16(21-11)25-18(27)23-17(24-25)19(3,4)5/h6-10H,1-5H3,(H,20,22,26)(H,23,24,27). The van der Waals surface area contributed by atoms with E-state index in [1.807, 2.05) is 20.8 Å². The SMILES string of the molecule is CC(=O)Nc1cc(Oc2ccc(-n3nc(C(C)(C)C)[nH]c3=O)nc2C)ccn1. The van der Waals surface area contributed by atoms with Crippen LogP contribution in [0.3, 0.4) is 0 Å². The third kappa shape index (κ3) is 4.25. The van der Waals surface area contributed by atoms with Crippen LogP contribution in [0.5, 0.6) is 11.5 Å². The number of hydrogen-bond donors (Lipinski definition) is 2. The number of carbonyl (C=O) groups excluding carboxylic acids is 1. The maximum atomic E-state index is 12.2. The van der Waals surface area contributed by atoms with Crippen molar-refractivity contribution >= 4 is 11.7 Å². The summed E-state index contributed by atoms with van der Waals surface area (Å²) in [5.74, 6) is 2.18. The maximum Gasteiger partial charge on any atom is 0.349 e. The molecule has 0 atom stereocenters. The number of anilines is 1. The van der Waals surface area contributed by atoms with Crippen LogP contribution in [-0.4, -0.2) is 30.6 Å². The molecule has 0 aliphatic rings. The van der Waals surface area contributed by atoms with Crippen molar-refractivity contribution in [3.8, 4) is 17.3 Å². The number of amides is 1. The van der Waals surface area contributed by atoms with Crippen molar-refractivity contribution in [2.24, 2.45) is 0 Å². The third-order valence-corrected chi connectivity index (χ3v) is 3.83. The van der Waals surface area contributed by atoms with Crippen molar-refractivity contribution in [2.45, 2.75) is 40.0 Å². The lowest BCUT2D eigenvalue weighted by Crippen LogP contribution is -2.17. The Morgan fingerprint density at radius 1 is 1.25 bits per heavy atom. The number of aryl methyl sites for hydroxylation is 1. The molecule has 1 amide bonds. The number of rotatable bonds is 4. The molecule has 3 rings (SSSR count). The van der Waals surface area contributed by atoms with Crippen molar-refractivity contribution in [3.05, 3.63) is 52.5 Å². The summed E-state index contributed by atoms with van der Waals surface area (Å²) in [7, 11) is 0. The molecule has 0 saturated heterocycles. The van der Waals surface area contributed by atoms with Gasteiger partial charge in [0.1, 0.15) is 23.1 Å². The van der Waals surface area contributed by atoms with Crippen molar-refractivity contribution in [2.75, 3.05) is 5.32 Å². The van der Waals surface area contributed by atoms with Gasteiger partial charge in [-0.2, -0.15) is 4.68 Å². The minimum Gasteiger partial charge on any atom is -0.455 e. The van der Waals surface area contributed by atoms with Crippen molar-refractivity contribution in [3.63, 3.8) is 0 Å². The highest BCUT2D eigenvalue weighted by Gasteiger charge is 2.20. The summed E-state index contributed by atoms with van der Waals surface area (Å²) in [6.45, 7) is 9.08. The normalized spacial score (nSPS) is 11.3. The molecule has 3 aromatic rings. The fourth-order valence-electron chi connectivity index (χ4n) is 2.43. The maximum absolute atomic E-state index is 12.2. The number of nitrogens with one attached hydrogen (secondary N) is 2. The van der Waals surface area contributed by atoms with Crippen LogP contribution in [0.15, 0.2) is 35.3 Å². The molecular weight excluding hydrogens is 360 g/mol. The van der Waals surface area contributed by atoms with Gasteiger partial charge < -0.3 is 10.1 Å². The van der Waals surface area contributed by atoms with Gasteiger partial charge in [0, 0.05) is 24.6 Å². The Kier molecular flexibility index (Phi) is 5.00. The largest absolute Gasteiger partial charge is 0.455 e. The first-order chi connectivity index (χ1) is 13.1. The average Bonchev–Trinajstić information content (AvgIpc) is 2.99. The van der Waals surface area contributed by atoms with Crippen LogP contribution in [0.4, 0.5) is 5.82 Å². The number of carbonyl (C=O) groups is 1. The zero-order chi connectivity index (χ0) is 20.5. The Bertz CT molecular complexity index is 1080. The molecule has 2 N–H and O–H groups in total. The lowest BCUT2D eigenvalue weighted by molar-refractivity contribution is -0.114. The van der Waals surface area contributed by atoms with Crippen LogP contribution in [0.2, 0.25) is 0 Å². The smallest absolute Gasteiger partial charge is 0.349 e. The molecule has 9 nitrogen and oxygen atoms in total. The Balaban J connectivity index is 1.87. The van der Waals surface area contributed by atoms with Crippen LogP contribution in [0, 0.1) is 6.92 Å². The summed E-state index contributed by atoms with van der Waals surface area (Å²) in [6, 6.07) is 6.66. The molecule has 0 radical (unpaired) electrons. The van der Waals surface area contributed by atoms with E-state index in [0.717, 1.165) is 0 Å². The number of ether oxygens (including phenoxy) is 1. The molecule has 3 heterocycles. The first-order valence-electron chi connectivity index (χ1n) is 8.73. The van der Waals surface area contributed by atoms with Gasteiger partial charge in [-0.05, 0) is 25.1 Å². The van der Waals surface area contributed by atoms with Gasteiger partial charge in [-0.15, -0.1) is 5.10 Å². The predicted octanol–water partition coefficient (Wildman–Crippen LogP) is 2.71. The average molecular weight is 382 g/mol. The second-order valence-electron chi connectivity index (χ2n) is 7.35. The second-order valence-corrected chi connectivity index (χ2v) is 7.35. The van der Waals surface area contributed by atoms with E-state index in [2.05, 4.69) is 25.4 Å². The molecule has 0 bridgehead atoms. The zero-order valence-corrected chi connectivity index (χ0v) is 16.4. The predicted molar refractivity (Wildman–Crippen MR) is 104 cm³/mol. The number of nitrogens with zero attached hydrogens (tertiary/aromatic N) is 4. The molecule has 0 aliphatic heterocycles. The van der Waals surface area contributed by atoms with Crippen LogP contribution in [0.1, 0.15) is 39.2 Å². The van der Waals surface area contributed by atoms with E-state index in [1.165, 1.54) is 17.8 Å². The van der Waals surface area contributed by atoms with Crippen LogP contribution < -0.4 is 15.7 Å². The van der Waals surface area contributed by atoms with Gasteiger partial charge in [-0.25, -0.2) is 14.8 Å². The summed E-state index contributed by atoms with van der Waals surface area (Å²) < 4.78 is 7.08. The van der Waals surface area contributed by atoms with Crippen molar-refractivity contribution in [1.29, 1.82) is 0 Å². The molecule has 0 fully saturated rings. The van der Waals surface area contributed by atoms with E-state index in [1.54, 1.807) is 31.2 Å². The first-order valence-corrected chi connectivity index (χ1v) is 8.73. The van der Waals surface area contributed by atoms with Crippen LogP contribution in [-0.2, 0) is 10.2 Å². The van der Waals surface area contributed by atoms with E-state index >= 15 is 0 Å². The highest BCUT2D eigenvalue weighted by molar-refractivity contribution is 5.87. The van der Waals surface area contributed by atoms with E-state index in [0.29, 0.717) is 34.7 Å². The quantitative estimate of drug-likeness (QED) is 0.717. The summed E-state index contributed by atoms with van der Waals surface area (Å²) >= 11 is 0. The summed E-state index contributed by atoms with van der Waals surface area (Å²) in [5, 5.41) is 6.94. The van der Waals surface area contributed by atoms with Gasteiger partial charge in [0.15, 0.2) is 5.82 Å². The minimum atomic E-state index is -0.348. The molecule has 28 heavy (non-hydrogen) atoms. The number of aromatic nitrogens is 5. The van der Waals surface area contributed by atoms with E-state index in [4.69, 9.17) is 4.74 Å². The summed E-state index contributed by atoms with van der Waals surface area (Å²) in [6.07, 6.45) is 1.54. The molecule has 3 aromatic heterocycles. The lowest BCUT2D eigenvalue weighted by atomic mass is 9.96. The summed E-state index contributed by atoms with van der Waals surface area (Å²) in [5.41, 5.74) is -0.0442. The van der Waals surface area contributed by atoms with Gasteiger partial charge in [0.25, 0.3) is 0 Å². The van der Waals surface area contributed by atoms with Gasteiger partial charge >= 0.3 is 5.69 Å². The second kappa shape index (κ2) is 7.26. The van der Waals surface area contributed by atoms with E-state index < -0.39 is 0 Å². The van der Waals surface area contributed by atoms with Gasteiger partial charge in [-0.3, -0.25) is 9.78 Å². The molecular formula is C19H22N6O3. The molecule has 9 heteroatoms. The number of H-pyrrole nitrogens is 1. The Morgan fingerprint density at radius 3 is 2.61 bits per heavy atom. The number of aromatic amines is 1. The molecule has 0 saturated carbocycles. The fraction of sp³-hybridized carbons (Fsp3) is 0.316. The fourth-order valence-corrected chi connectivity index (χ4v) is 2.43. The van der Waals surface area contributed by atoms with Gasteiger partial charge in [0.2, 0.25) is 5.91 Å². The number of hydrogen-bond acceptors (Lipinski definition) is 6. The van der Waals surface area contributed by atoms with E-state index in [-0.39, 0.29) is 17.0 Å². The molecule has 0 aliphatic carbocycles. The summed E-state index contributed by atoms with van der Waals surface area (Å²) in [4.78, 5) is 34.6. The minimum absolute atomic E-state index is 0.217. The third-order valence-electron chi connectivity index (χ3n) is 3.83. The van der Waals surface area contributed by atoms with Crippen LogP contribution in [0.25, 0.3) is 5.82 Å². The molecule has 0 unspecified atom stereocenters. The molecule has 0 aromatic carbocycles.